The lowest BCUT2D eigenvalue weighted by Gasteiger charge is -2.20. The zero-order valence-corrected chi connectivity index (χ0v) is 14.6. The normalized spacial score (nSPS) is 10.4. The minimum absolute atomic E-state index is 0.124. The van der Waals surface area contributed by atoms with Crippen molar-refractivity contribution in [2.75, 3.05) is 23.3 Å². The van der Waals surface area contributed by atoms with E-state index >= 15 is 0 Å². The summed E-state index contributed by atoms with van der Waals surface area (Å²) in [5.41, 5.74) is 2.44. The summed E-state index contributed by atoms with van der Waals surface area (Å²) in [4.78, 5) is 18.9. The molecule has 0 aliphatic rings. The number of aryl methyl sites for hydroxylation is 1. The van der Waals surface area contributed by atoms with Crippen LogP contribution in [0.25, 0.3) is 0 Å². The van der Waals surface area contributed by atoms with E-state index in [4.69, 9.17) is 0 Å². The van der Waals surface area contributed by atoms with Gasteiger partial charge in [0.05, 0.1) is 0 Å². The zero-order valence-electron chi connectivity index (χ0n) is 13.1. The number of hydrogen-bond acceptors (Lipinski definition) is 3. The molecule has 0 bridgehead atoms. The number of carbonyl (C=O) groups is 1. The predicted octanol–water partition coefficient (Wildman–Crippen LogP) is 4.25. The van der Waals surface area contributed by atoms with Crippen LogP contribution in [-0.2, 0) is 0 Å². The third-order valence-electron chi connectivity index (χ3n) is 3.53. The minimum atomic E-state index is -0.124. The Morgan fingerprint density at radius 1 is 1.23 bits per heavy atom. The van der Waals surface area contributed by atoms with Gasteiger partial charge in [0.15, 0.2) is 0 Å². The molecular formula is C17H20BrN3O. The Morgan fingerprint density at radius 2 is 1.95 bits per heavy atom. The Kier molecular flexibility index (Phi) is 5.55. The SMILES string of the molecule is CCN(CC)c1cc(C(=O)Nc2ccc(Br)cc2C)ccn1. The van der Waals surface area contributed by atoms with Gasteiger partial charge in [-0.05, 0) is 56.7 Å². The van der Waals surface area contributed by atoms with E-state index in [1.807, 2.05) is 31.2 Å². The molecule has 0 saturated carbocycles. The van der Waals surface area contributed by atoms with Gasteiger partial charge in [-0.1, -0.05) is 15.9 Å². The molecule has 22 heavy (non-hydrogen) atoms. The third kappa shape index (κ3) is 3.85. The van der Waals surface area contributed by atoms with Crippen LogP contribution >= 0.6 is 15.9 Å². The lowest BCUT2D eigenvalue weighted by Crippen LogP contribution is -2.23. The molecule has 0 atom stereocenters. The van der Waals surface area contributed by atoms with Gasteiger partial charge in [0.2, 0.25) is 0 Å². The summed E-state index contributed by atoms with van der Waals surface area (Å²) in [6, 6.07) is 9.34. The van der Waals surface area contributed by atoms with E-state index in [1.165, 1.54) is 0 Å². The molecule has 1 aromatic carbocycles. The zero-order chi connectivity index (χ0) is 16.1. The predicted molar refractivity (Wildman–Crippen MR) is 94.6 cm³/mol. The van der Waals surface area contributed by atoms with Crippen molar-refractivity contribution in [1.29, 1.82) is 0 Å². The molecule has 4 nitrogen and oxygen atoms in total. The molecule has 0 spiro atoms. The Balaban J connectivity index is 2.21. The quantitative estimate of drug-likeness (QED) is 0.865. The summed E-state index contributed by atoms with van der Waals surface area (Å²) in [6.45, 7) is 7.83. The van der Waals surface area contributed by atoms with E-state index in [1.54, 1.807) is 12.3 Å². The second-order valence-corrected chi connectivity index (χ2v) is 5.90. The van der Waals surface area contributed by atoms with Gasteiger partial charge in [0.1, 0.15) is 5.82 Å². The van der Waals surface area contributed by atoms with Crippen LogP contribution in [0.2, 0.25) is 0 Å². The monoisotopic (exact) mass is 361 g/mol. The first kappa shape index (κ1) is 16.5. The van der Waals surface area contributed by atoms with Crippen molar-refractivity contribution in [2.45, 2.75) is 20.8 Å². The summed E-state index contributed by atoms with van der Waals surface area (Å²) in [5.74, 6) is 0.700. The fourth-order valence-electron chi connectivity index (χ4n) is 2.24. The van der Waals surface area contributed by atoms with E-state index < -0.39 is 0 Å². The maximum absolute atomic E-state index is 12.4. The Morgan fingerprint density at radius 3 is 2.59 bits per heavy atom. The average molecular weight is 362 g/mol. The van der Waals surface area contributed by atoms with E-state index in [-0.39, 0.29) is 5.91 Å². The number of rotatable bonds is 5. The number of nitrogens with zero attached hydrogens (tertiary/aromatic N) is 2. The summed E-state index contributed by atoms with van der Waals surface area (Å²) in [7, 11) is 0. The fraction of sp³-hybridized carbons (Fsp3) is 0.294. The summed E-state index contributed by atoms with van der Waals surface area (Å²) < 4.78 is 0.996. The van der Waals surface area contributed by atoms with Crippen molar-refractivity contribution < 1.29 is 4.79 Å². The maximum Gasteiger partial charge on any atom is 0.255 e. The molecular weight excluding hydrogens is 342 g/mol. The van der Waals surface area contributed by atoms with Crippen LogP contribution in [-0.4, -0.2) is 24.0 Å². The van der Waals surface area contributed by atoms with Gasteiger partial charge in [-0.2, -0.15) is 0 Å². The summed E-state index contributed by atoms with van der Waals surface area (Å²) >= 11 is 3.42. The lowest BCUT2D eigenvalue weighted by atomic mass is 10.2. The smallest absolute Gasteiger partial charge is 0.255 e. The highest BCUT2D eigenvalue weighted by molar-refractivity contribution is 9.10. The highest BCUT2D eigenvalue weighted by Gasteiger charge is 2.11. The lowest BCUT2D eigenvalue weighted by molar-refractivity contribution is 0.102. The maximum atomic E-state index is 12.4. The van der Waals surface area contributed by atoms with Gasteiger partial charge in [0.25, 0.3) is 5.91 Å². The second kappa shape index (κ2) is 7.40. The molecule has 0 saturated heterocycles. The van der Waals surface area contributed by atoms with E-state index in [0.717, 1.165) is 34.6 Å². The van der Waals surface area contributed by atoms with Crippen LogP contribution < -0.4 is 10.2 Å². The van der Waals surface area contributed by atoms with Gasteiger partial charge >= 0.3 is 0 Å². The number of aromatic nitrogens is 1. The van der Waals surface area contributed by atoms with E-state index in [2.05, 4.69) is 45.0 Å². The van der Waals surface area contributed by atoms with Crippen LogP contribution in [0, 0.1) is 6.92 Å². The van der Waals surface area contributed by atoms with Crippen LogP contribution in [0.1, 0.15) is 29.8 Å². The highest BCUT2D eigenvalue weighted by atomic mass is 79.9. The van der Waals surface area contributed by atoms with Crippen LogP contribution in [0.3, 0.4) is 0 Å². The van der Waals surface area contributed by atoms with Gasteiger partial charge in [0, 0.05) is 35.0 Å². The Hall–Kier alpha value is -1.88. The molecule has 0 fully saturated rings. The minimum Gasteiger partial charge on any atom is -0.357 e. The molecule has 1 amide bonds. The van der Waals surface area contributed by atoms with Gasteiger partial charge < -0.3 is 10.2 Å². The number of pyridine rings is 1. The van der Waals surface area contributed by atoms with E-state index in [0.29, 0.717) is 5.56 Å². The summed E-state index contributed by atoms with van der Waals surface area (Å²) in [6.07, 6.45) is 1.68. The molecule has 0 unspecified atom stereocenters. The van der Waals surface area contributed by atoms with Crippen molar-refractivity contribution in [3.05, 3.63) is 52.1 Å². The highest BCUT2D eigenvalue weighted by Crippen LogP contribution is 2.21. The van der Waals surface area contributed by atoms with Gasteiger partial charge in [-0.3, -0.25) is 4.79 Å². The topological polar surface area (TPSA) is 45.2 Å². The molecule has 1 heterocycles. The van der Waals surface area contributed by atoms with Crippen LogP contribution in [0.4, 0.5) is 11.5 Å². The molecule has 2 aromatic rings. The number of carbonyl (C=O) groups excluding carboxylic acids is 1. The first-order chi connectivity index (χ1) is 10.5. The molecule has 116 valence electrons. The number of hydrogen-bond donors (Lipinski definition) is 1. The second-order valence-electron chi connectivity index (χ2n) is 4.99. The first-order valence-corrected chi connectivity index (χ1v) is 8.13. The van der Waals surface area contributed by atoms with Crippen molar-refractivity contribution in [3.8, 4) is 0 Å². The molecule has 5 heteroatoms. The van der Waals surface area contributed by atoms with Gasteiger partial charge in [-0.25, -0.2) is 4.98 Å². The Labute approximate surface area is 139 Å². The van der Waals surface area contributed by atoms with Crippen molar-refractivity contribution in [1.82, 2.24) is 4.98 Å². The number of halogens is 1. The standard InChI is InChI=1S/C17H20BrN3O/c1-4-21(5-2)16-11-13(8-9-19-16)17(22)20-15-7-6-14(18)10-12(15)3/h6-11H,4-5H2,1-3H3,(H,20,22). The molecule has 1 N–H and O–H groups in total. The number of amides is 1. The van der Waals surface area contributed by atoms with Crippen molar-refractivity contribution in [2.24, 2.45) is 0 Å². The third-order valence-corrected chi connectivity index (χ3v) is 4.03. The molecule has 2 rings (SSSR count). The number of anilines is 2. The molecule has 0 aliphatic heterocycles. The average Bonchev–Trinajstić information content (AvgIpc) is 2.51. The first-order valence-electron chi connectivity index (χ1n) is 7.33. The van der Waals surface area contributed by atoms with Crippen LogP contribution in [0.5, 0.6) is 0 Å². The largest absolute Gasteiger partial charge is 0.357 e. The molecule has 0 radical (unpaired) electrons. The Bertz CT molecular complexity index is 669. The van der Waals surface area contributed by atoms with Crippen molar-refractivity contribution in [3.63, 3.8) is 0 Å². The van der Waals surface area contributed by atoms with Gasteiger partial charge in [-0.15, -0.1) is 0 Å². The number of nitrogens with one attached hydrogen (secondary N) is 1. The molecule has 0 aliphatic carbocycles. The van der Waals surface area contributed by atoms with Crippen LogP contribution in [0.15, 0.2) is 41.0 Å². The van der Waals surface area contributed by atoms with E-state index in [9.17, 15) is 4.79 Å². The summed E-state index contributed by atoms with van der Waals surface area (Å²) in [5, 5.41) is 2.95. The molecule has 1 aromatic heterocycles. The van der Waals surface area contributed by atoms with Crippen molar-refractivity contribution >= 4 is 33.3 Å². The number of benzene rings is 1. The fourth-order valence-corrected chi connectivity index (χ4v) is 2.72.